The molecule has 8 heteroatoms. The summed E-state index contributed by atoms with van der Waals surface area (Å²) >= 11 is 1.39. The predicted octanol–water partition coefficient (Wildman–Crippen LogP) is 4.46. The molecular formula is C22H22N2O4S2. The maximum absolute atomic E-state index is 13.1. The number of nitrogens with one attached hydrogen (secondary N) is 1. The Balaban J connectivity index is 1.65. The average Bonchev–Trinajstić information content (AvgIpc) is 3.38. The maximum Gasteiger partial charge on any atom is 0.268 e. The highest BCUT2D eigenvalue weighted by Crippen LogP contribution is 2.34. The summed E-state index contributed by atoms with van der Waals surface area (Å²) in [7, 11) is -3.86. The lowest BCUT2D eigenvalue weighted by molar-refractivity contribution is 0.0993. The molecule has 1 aliphatic heterocycles. The van der Waals surface area contributed by atoms with Crippen molar-refractivity contribution >= 4 is 38.6 Å². The van der Waals surface area contributed by atoms with E-state index in [0.717, 1.165) is 23.2 Å². The van der Waals surface area contributed by atoms with Gasteiger partial charge in [0.05, 0.1) is 17.2 Å². The van der Waals surface area contributed by atoms with Crippen LogP contribution in [-0.2, 0) is 16.4 Å². The SMILES string of the molecule is CCOc1ccc(C)cc1S(=O)(=O)Nc1ccc2c(c1)N(C(=O)c1cccs1)CC2. The molecule has 0 bridgehead atoms. The largest absolute Gasteiger partial charge is 0.492 e. The number of sulfonamides is 1. The summed E-state index contributed by atoms with van der Waals surface area (Å²) in [6, 6.07) is 14.0. The van der Waals surface area contributed by atoms with E-state index in [4.69, 9.17) is 4.74 Å². The van der Waals surface area contributed by atoms with Crippen molar-refractivity contribution in [2.75, 3.05) is 22.8 Å². The van der Waals surface area contributed by atoms with Crippen molar-refractivity contribution in [3.05, 3.63) is 69.9 Å². The molecular weight excluding hydrogens is 420 g/mol. The topological polar surface area (TPSA) is 75.7 Å². The van der Waals surface area contributed by atoms with Crippen molar-refractivity contribution in [3.63, 3.8) is 0 Å². The smallest absolute Gasteiger partial charge is 0.268 e. The van der Waals surface area contributed by atoms with Gasteiger partial charge in [-0.1, -0.05) is 18.2 Å². The highest BCUT2D eigenvalue weighted by atomic mass is 32.2. The van der Waals surface area contributed by atoms with Gasteiger partial charge in [0, 0.05) is 12.2 Å². The number of anilines is 2. The summed E-state index contributed by atoms with van der Waals surface area (Å²) in [5.74, 6) is 0.243. The summed E-state index contributed by atoms with van der Waals surface area (Å²) in [6.07, 6.45) is 0.742. The molecule has 0 atom stereocenters. The third-order valence-electron chi connectivity index (χ3n) is 4.90. The van der Waals surface area contributed by atoms with Crippen LogP contribution in [0.4, 0.5) is 11.4 Å². The number of fused-ring (bicyclic) bond motifs is 1. The molecule has 1 aromatic heterocycles. The van der Waals surface area contributed by atoms with Gasteiger partial charge in [-0.25, -0.2) is 8.42 Å². The van der Waals surface area contributed by atoms with Crippen LogP contribution in [0.1, 0.15) is 27.7 Å². The van der Waals surface area contributed by atoms with Gasteiger partial charge < -0.3 is 9.64 Å². The lowest BCUT2D eigenvalue weighted by atomic mass is 10.1. The van der Waals surface area contributed by atoms with Gasteiger partial charge in [-0.2, -0.15) is 0 Å². The molecule has 2 aromatic carbocycles. The predicted molar refractivity (Wildman–Crippen MR) is 119 cm³/mol. The fourth-order valence-electron chi connectivity index (χ4n) is 3.50. The quantitative estimate of drug-likeness (QED) is 0.612. The minimum absolute atomic E-state index is 0.0685. The standard InChI is InChI=1S/C22H22N2O4S2/c1-3-28-19-9-6-15(2)13-21(19)30(26,27)23-17-8-7-16-10-11-24(18(16)14-17)22(25)20-5-4-12-29-20/h4-9,12-14,23H,3,10-11H2,1-2H3. The second kappa shape index (κ2) is 8.12. The first-order valence-corrected chi connectivity index (χ1v) is 12.0. The molecule has 1 aliphatic rings. The fourth-order valence-corrected chi connectivity index (χ4v) is 5.45. The van der Waals surface area contributed by atoms with Crippen molar-refractivity contribution < 1.29 is 17.9 Å². The molecule has 4 rings (SSSR count). The molecule has 156 valence electrons. The van der Waals surface area contributed by atoms with Gasteiger partial charge in [-0.05, 0) is 67.1 Å². The van der Waals surface area contributed by atoms with E-state index in [9.17, 15) is 13.2 Å². The number of rotatable bonds is 6. The third kappa shape index (κ3) is 3.93. The van der Waals surface area contributed by atoms with Gasteiger partial charge in [0.15, 0.2) is 0 Å². The zero-order valence-corrected chi connectivity index (χ0v) is 18.3. The summed E-state index contributed by atoms with van der Waals surface area (Å²) in [4.78, 5) is 15.3. The minimum atomic E-state index is -3.86. The Kier molecular flexibility index (Phi) is 5.53. The summed E-state index contributed by atoms with van der Waals surface area (Å²) in [5, 5.41) is 1.87. The number of carbonyl (C=O) groups excluding carboxylic acids is 1. The van der Waals surface area contributed by atoms with Crippen LogP contribution in [0.2, 0.25) is 0 Å². The van der Waals surface area contributed by atoms with E-state index in [1.54, 1.807) is 35.2 Å². The number of amides is 1. The number of nitrogens with zero attached hydrogens (tertiary/aromatic N) is 1. The van der Waals surface area contributed by atoms with Crippen LogP contribution >= 0.6 is 11.3 Å². The molecule has 0 fully saturated rings. The fraction of sp³-hybridized carbons (Fsp3) is 0.227. The Hall–Kier alpha value is -2.84. The van der Waals surface area contributed by atoms with Crippen LogP contribution < -0.4 is 14.4 Å². The van der Waals surface area contributed by atoms with E-state index in [1.807, 2.05) is 37.4 Å². The third-order valence-corrected chi connectivity index (χ3v) is 7.16. The monoisotopic (exact) mass is 442 g/mol. The highest BCUT2D eigenvalue weighted by molar-refractivity contribution is 7.92. The molecule has 0 aliphatic carbocycles. The molecule has 1 N–H and O–H groups in total. The lowest BCUT2D eigenvalue weighted by Gasteiger charge is -2.18. The molecule has 0 spiro atoms. The maximum atomic E-state index is 13.1. The highest BCUT2D eigenvalue weighted by Gasteiger charge is 2.27. The van der Waals surface area contributed by atoms with Gasteiger partial charge in [-0.3, -0.25) is 9.52 Å². The van der Waals surface area contributed by atoms with Crippen LogP contribution in [0.25, 0.3) is 0 Å². The van der Waals surface area contributed by atoms with Crippen LogP contribution in [-0.4, -0.2) is 27.5 Å². The summed E-state index contributed by atoms with van der Waals surface area (Å²) in [5.41, 5.74) is 2.99. The lowest BCUT2D eigenvalue weighted by Crippen LogP contribution is -2.28. The van der Waals surface area contributed by atoms with Crippen molar-refractivity contribution in [2.24, 2.45) is 0 Å². The molecule has 0 saturated heterocycles. The molecule has 0 saturated carbocycles. The van der Waals surface area contributed by atoms with Crippen molar-refractivity contribution in [1.82, 2.24) is 0 Å². The first-order chi connectivity index (χ1) is 14.4. The Morgan fingerprint density at radius 2 is 2.03 bits per heavy atom. The molecule has 6 nitrogen and oxygen atoms in total. The van der Waals surface area contributed by atoms with E-state index in [0.29, 0.717) is 29.5 Å². The molecule has 1 amide bonds. The summed E-state index contributed by atoms with van der Waals surface area (Å²) < 4.78 is 34.3. The first kappa shape index (κ1) is 20.4. The number of aryl methyl sites for hydroxylation is 1. The van der Waals surface area contributed by atoms with Gasteiger partial charge in [0.1, 0.15) is 10.6 Å². The molecule has 2 heterocycles. The second-order valence-electron chi connectivity index (χ2n) is 7.02. The molecule has 3 aromatic rings. The minimum Gasteiger partial charge on any atom is -0.492 e. The van der Waals surface area contributed by atoms with E-state index >= 15 is 0 Å². The number of hydrogen-bond donors (Lipinski definition) is 1. The van der Waals surface area contributed by atoms with E-state index in [-0.39, 0.29) is 10.8 Å². The molecule has 30 heavy (non-hydrogen) atoms. The van der Waals surface area contributed by atoms with Crippen molar-refractivity contribution in [2.45, 2.75) is 25.2 Å². The van der Waals surface area contributed by atoms with Crippen LogP contribution in [0, 0.1) is 6.92 Å². The first-order valence-electron chi connectivity index (χ1n) is 9.63. The molecule has 0 radical (unpaired) electrons. The van der Waals surface area contributed by atoms with Gasteiger partial charge in [-0.15, -0.1) is 11.3 Å². The number of ether oxygens (including phenoxy) is 1. The van der Waals surface area contributed by atoms with Crippen molar-refractivity contribution in [3.8, 4) is 5.75 Å². The Morgan fingerprint density at radius 3 is 2.77 bits per heavy atom. The number of thiophene rings is 1. The zero-order valence-electron chi connectivity index (χ0n) is 16.7. The number of benzene rings is 2. The molecule has 0 unspecified atom stereocenters. The van der Waals surface area contributed by atoms with E-state index in [1.165, 1.54) is 11.3 Å². The number of hydrogen-bond acceptors (Lipinski definition) is 5. The van der Waals surface area contributed by atoms with Gasteiger partial charge >= 0.3 is 0 Å². The van der Waals surface area contributed by atoms with Crippen molar-refractivity contribution in [1.29, 1.82) is 0 Å². The van der Waals surface area contributed by atoms with E-state index in [2.05, 4.69) is 4.72 Å². The van der Waals surface area contributed by atoms with Crippen LogP contribution in [0.15, 0.2) is 58.8 Å². The van der Waals surface area contributed by atoms with E-state index < -0.39 is 10.0 Å². The second-order valence-corrected chi connectivity index (χ2v) is 9.61. The van der Waals surface area contributed by atoms with Gasteiger partial charge in [0.2, 0.25) is 0 Å². The summed E-state index contributed by atoms with van der Waals surface area (Å²) in [6.45, 7) is 4.58. The Labute approximate surface area is 180 Å². The Bertz CT molecular complexity index is 1190. The van der Waals surface area contributed by atoms with Gasteiger partial charge in [0.25, 0.3) is 15.9 Å². The zero-order chi connectivity index (χ0) is 21.3. The number of carbonyl (C=O) groups is 1. The normalized spacial score (nSPS) is 13.2. The Morgan fingerprint density at radius 1 is 1.20 bits per heavy atom. The average molecular weight is 443 g/mol. The van der Waals surface area contributed by atoms with Crippen LogP contribution in [0.5, 0.6) is 5.75 Å². The van der Waals surface area contributed by atoms with Crippen LogP contribution in [0.3, 0.4) is 0 Å².